The number of hydrogen-bond acceptors (Lipinski definition) is 5. The summed E-state index contributed by atoms with van der Waals surface area (Å²) in [5.74, 6) is -1.71. The average molecular weight is 348 g/mol. The van der Waals surface area contributed by atoms with Gasteiger partial charge in [0.2, 0.25) is 0 Å². The second-order valence-electron chi connectivity index (χ2n) is 9.33. The SMILES string of the molecule is CC1C=C2[C@](O)(CC(CO)=C[C@H]3[C@@H]4C(C)(C)[C@]4(O)C[C@@H](C)[C@]23O)C1=O. The molecule has 2 saturated carbocycles. The molecule has 2 fully saturated rings. The van der Waals surface area contributed by atoms with Gasteiger partial charge in [-0.2, -0.15) is 0 Å². The molecule has 0 aromatic heterocycles. The lowest BCUT2D eigenvalue weighted by molar-refractivity contribution is -0.140. The van der Waals surface area contributed by atoms with E-state index in [0.29, 0.717) is 17.6 Å². The number of fused-ring (bicyclic) bond motifs is 5. The number of Topliss-reactive ketones (excluding diaryl/α,β-unsaturated/α-hetero) is 1. The Labute approximate surface area is 148 Å². The Morgan fingerprint density at radius 2 is 1.80 bits per heavy atom. The van der Waals surface area contributed by atoms with Crippen LogP contribution in [0.5, 0.6) is 0 Å². The Kier molecular flexibility index (Phi) is 3.23. The predicted molar refractivity (Wildman–Crippen MR) is 91.4 cm³/mol. The molecule has 0 saturated heterocycles. The monoisotopic (exact) mass is 348 g/mol. The van der Waals surface area contributed by atoms with Gasteiger partial charge in [0.1, 0.15) is 0 Å². The van der Waals surface area contributed by atoms with Crippen molar-refractivity contribution in [2.24, 2.45) is 29.1 Å². The van der Waals surface area contributed by atoms with Gasteiger partial charge in [-0.15, -0.1) is 0 Å². The molecule has 4 aliphatic rings. The van der Waals surface area contributed by atoms with Crippen molar-refractivity contribution in [1.82, 2.24) is 0 Å². The van der Waals surface area contributed by atoms with E-state index in [9.17, 15) is 25.2 Å². The highest BCUT2D eigenvalue weighted by molar-refractivity contribution is 5.98. The molecule has 138 valence electrons. The van der Waals surface area contributed by atoms with E-state index in [-0.39, 0.29) is 36.1 Å². The lowest BCUT2D eigenvalue weighted by Crippen LogP contribution is -2.56. The van der Waals surface area contributed by atoms with Gasteiger partial charge in [0, 0.05) is 29.6 Å². The average Bonchev–Trinajstić information content (AvgIpc) is 2.90. The Morgan fingerprint density at radius 1 is 1.16 bits per heavy atom. The molecule has 0 spiro atoms. The zero-order valence-electron chi connectivity index (χ0n) is 15.3. The second kappa shape index (κ2) is 4.63. The summed E-state index contributed by atoms with van der Waals surface area (Å²) in [7, 11) is 0. The molecular formula is C20H28O5. The lowest BCUT2D eigenvalue weighted by Gasteiger charge is -2.47. The van der Waals surface area contributed by atoms with Crippen LogP contribution in [0, 0.1) is 29.1 Å². The van der Waals surface area contributed by atoms with Crippen LogP contribution in [-0.2, 0) is 4.79 Å². The molecule has 0 aliphatic heterocycles. The lowest BCUT2D eigenvalue weighted by atomic mass is 9.62. The molecule has 25 heavy (non-hydrogen) atoms. The zero-order chi connectivity index (χ0) is 18.6. The summed E-state index contributed by atoms with van der Waals surface area (Å²) in [4.78, 5) is 12.7. The molecule has 0 amide bonds. The van der Waals surface area contributed by atoms with Gasteiger partial charge in [0.05, 0.1) is 17.8 Å². The highest BCUT2D eigenvalue weighted by Gasteiger charge is 2.80. The maximum absolute atomic E-state index is 12.7. The van der Waals surface area contributed by atoms with E-state index >= 15 is 0 Å². The summed E-state index contributed by atoms with van der Waals surface area (Å²) in [6, 6.07) is 0. The molecule has 5 nitrogen and oxygen atoms in total. The van der Waals surface area contributed by atoms with Crippen LogP contribution in [-0.4, -0.2) is 49.6 Å². The second-order valence-corrected chi connectivity index (χ2v) is 9.33. The molecule has 4 aliphatic carbocycles. The quantitative estimate of drug-likeness (QED) is 0.529. The first kappa shape index (κ1) is 17.4. The van der Waals surface area contributed by atoms with Crippen LogP contribution in [0.4, 0.5) is 0 Å². The predicted octanol–water partition coefficient (Wildman–Crippen LogP) is 0.959. The molecule has 0 radical (unpaired) electrons. The molecule has 4 rings (SSSR count). The number of aliphatic hydroxyl groups is 4. The highest BCUT2D eigenvalue weighted by atomic mass is 16.3. The fraction of sp³-hybridized carbons (Fsp3) is 0.750. The summed E-state index contributed by atoms with van der Waals surface area (Å²) in [6.07, 6.45) is 3.96. The van der Waals surface area contributed by atoms with Crippen LogP contribution in [0.15, 0.2) is 23.3 Å². The van der Waals surface area contributed by atoms with Crippen molar-refractivity contribution in [3.8, 4) is 0 Å². The first-order valence-corrected chi connectivity index (χ1v) is 9.19. The van der Waals surface area contributed by atoms with Crippen molar-refractivity contribution in [2.75, 3.05) is 6.61 Å². The standard InChI is InChI=1S/C20H28O5/c1-10-5-14-18(23,16(10)22)8-12(9-21)6-13-15-17(3,4)19(15,24)7-11(2)20(13,14)25/h5-6,10-11,13,15,21,23-25H,7-9H2,1-4H3/t10?,11-,13+,15-,18-,19+,20-/m1/s1. The number of carbonyl (C=O) groups is 1. The molecule has 0 aromatic rings. The van der Waals surface area contributed by atoms with Crippen molar-refractivity contribution in [3.63, 3.8) is 0 Å². The number of aliphatic hydroxyl groups excluding tert-OH is 1. The van der Waals surface area contributed by atoms with Crippen LogP contribution in [0.1, 0.15) is 40.5 Å². The number of carbonyl (C=O) groups excluding carboxylic acids is 1. The molecule has 7 atom stereocenters. The van der Waals surface area contributed by atoms with Crippen LogP contribution in [0.2, 0.25) is 0 Å². The minimum Gasteiger partial charge on any atom is -0.392 e. The number of hydrogen-bond donors (Lipinski definition) is 4. The Balaban J connectivity index is 1.94. The summed E-state index contributed by atoms with van der Waals surface area (Å²) >= 11 is 0. The third kappa shape index (κ3) is 1.75. The van der Waals surface area contributed by atoms with Crippen molar-refractivity contribution >= 4 is 5.78 Å². The van der Waals surface area contributed by atoms with E-state index in [1.165, 1.54) is 0 Å². The first-order valence-electron chi connectivity index (χ1n) is 9.19. The zero-order valence-corrected chi connectivity index (χ0v) is 15.3. The summed E-state index contributed by atoms with van der Waals surface area (Å²) < 4.78 is 0. The van der Waals surface area contributed by atoms with E-state index in [2.05, 4.69) is 0 Å². The Morgan fingerprint density at radius 3 is 2.40 bits per heavy atom. The molecule has 5 heteroatoms. The van der Waals surface area contributed by atoms with E-state index in [4.69, 9.17) is 0 Å². The van der Waals surface area contributed by atoms with Crippen LogP contribution in [0.3, 0.4) is 0 Å². The van der Waals surface area contributed by atoms with E-state index in [0.717, 1.165) is 0 Å². The van der Waals surface area contributed by atoms with Crippen LogP contribution in [0.25, 0.3) is 0 Å². The normalized spacial score (nSPS) is 53.2. The molecule has 0 bridgehead atoms. The van der Waals surface area contributed by atoms with Crippen molar-refractivity contribution < 1.29 is 25.2 Å². The largest absolute Gasteiger partial charge is 0.392 e. The van der Waals surface area contributed by atoms with Gasteiger partial charge < -0.3 is 20.4 Å². The van der Waals surface area contributed by atoms with E-state index in [1.807, 2.05) is 26.8 Å². The number of rotatable bonds is 1. The van der Waals surface area contributed by atoms with Crippen LogP contribution >= 0.6 is 0 Å². The van der Waals surface area contributed by atoms with Crippen LogP contribution < -0.4 is 0 Å². The molecule has 4 N–H and O–H groups in total. The fourth-order valence-corrected chi connectivity index (χ4v) is 6.25. The fourth-order valence-electron chi connectivity index (χ4n) is 6.25. The van der Waals surface area contributed by atoms with Crippen molar-refractivity contribution in [2.45, 2.75) is 57.3 Å². The smallest absolute Gasteiger partial charge is 0.175 e. The molecule has 0 heterocycles. The molecule has 1 unspecified atom stereocenters. The summed E-state index contributed by atoms with van der Waals surface area (Å²) in [5.41, 5.74) is -3.45. The molecule has 0 aromatic carbocycles. The van der Waals surface area contributed by atoms with Gasteiger partial charge in [0.15, 0.2) is 11.4 Å². The van der Waals surface area contributed by atoms with Gasteiger partial charge in [0.25, 0.3) is 0 Å². The van der Waals surface area contributed by atoms with Crippen molar-refractivity contribution in [3.05, 3.63) is 23.3 Å². The number of ketones is 1. The van der Waals surface area contributed by atoms with Gasteiger partial charge in [-0.1, -0.05) is 39.8 Å². The highest BCUT2D eigenvalue weighted by Crippen LogP contribution is 2.74. The minimum absolute atomic E-state index is 0.00954. The number of allylic oxidation sites excluding steroid dienone is 1. The maximum atomic E-state index is 12.7. The third-order valence-corrected chi connectivity index (χ3v) is 7.78. The Hall–Kier alpha value is -1.01. The van der Waals surface area contributed by atoms with Crippen molar-refractivity contribution in [1.29, 1.82) is 0 Å². The van der Waals surface area contributed by atoms with Gasteiger partial charge in [-0.05, 0) is 23.5 Å². The topological polar surface area (TPSA) is 98.0 Å². The van der Waals surface area contributed by atoms with E-state index in [1.54, 1.807) is 13.0 Å². The van der Waals surface area contributed by atoms with Gasteiger partial charge in [-0.25, -0.2) is 0 Å². The minimum atomic E-state index is -1.76. The third-order valence-electron chi connectivity index (χ3n) is 7.78. The summed E-state index contributed by atoms with van der Waals surface area (Å²) in [6.45, 7) is 7.33. The molecular weight excluding hydrogens is 320 g/mol. The first-order chi connectivity index (χ1) is 11.4. The van der Waals surface area contributed by atoms with Gasteiger partial charge >= 0.3 is 0 Å². The maximum Gasteiger partial charge on any atom is 0.175 e. The van der Waals surface area contributed by atoms with Gasteiger partial charge in [-0.3, -0.25) is 4.79 Å². The Bertz CT molecular complexity index is 722. The summed E-state index contributed by atoms with van der Waals surface area (Å²) in [5, 5.41) is 44.0. The van der Waals surface area contributed by atoms with E-state index < -0.39 is 28.6 Å².